The average molecular weight is 263 g/mol. The Labute approximate surface area is 116 Å². The maximum Gasteiger partial charge on any atom is 0.142 e. The van der Waals surface area contributed by atoms with Crippen molar-refractivity contribution in [2.75, 3.05) is 45.2 Å². The van der Waals surface area contributed by atoms with Gasteiger partial charge in [-0.05, 0) is 32.5 Å². The topological polar surface area (TPSA) is 36.5 Å². The molecule has 1 aliphatic heterocycles. The molecule has 0 amide bonds. The molecule has 1 heterocycles. The van der Waals surface area contributed by atoms with E-state index in [0.29, 0.717) is 12.6 Å². The first kappa shape index (κ1) is 14.2. The Bertz CT molecular complexity index is 383. The van der Waals surface area contributed by atoms with Crippen molar-refractivity contribution in [3.8, 4) is 5.75 Å². The Hall–Kier alpha value is -1.26. The lowest BCUT2D eigenvalue weighted by atomic mass is 10.1. The van der Waals surface area contributed by atoms with Gasteiger partial charge < -0.3 is 20.3 Å². The fraction of sp³-hybridized carbons (Fsp3) is 0.600. The predicted molar refractivity (Wildman–Crippen MR) is 80.0 cm³/mol. The van der Waals surface area contributed by atoms with Crippen LogP contribution in [-0.4, -0.2) is 50.8 Å². The molecule has 0 saturated carbocycles. The summed E-state index contributed by atoms with van der Waals surface area (Å²) in [6, 6.07) is 8.77. The highest BCUT2D eigenvalue weighted by atomic mass is 16.5. The van der Waals surface area contributed by atoms with Crippen LogP contribution < -0.4 is 15.4 Å². The minimum Gasteiger partial charge on any atom is -0.492 e. The van der Waals surface area contributed by atoms with Gasteiger partial charge in [-0.2, -0.15) is 0 Å². The fourth-order valence-electron chi connectivity index (χ4n) is 2.45. The van der Waals surface area contributed by atoms with E-state index in [9.17, 15) is 0 Å². The van der Waals surface area contributed by atoms with Gasteiger partial charge in [0, 0.05) is 32.2 Å². The SMILES string of the molecule is CCOc1ccccc1NCCC1CNCCN1C. The highest BCUT2D eigenvalue weighted by Crippen LogP contribution is 2.23. The van der Waals surface area contributed by atoms with Crippen molar-refractivity contribution in [2.45, 2.75) is 19.4 Å². The van der Waals surface area contributed by atoms with Crippen LogP contribution in [0.25, 0.3) is 0 Å². The lowest BCUT2D eigenvalue weighted by Crippen LogP contribution is -2.49. The van der Waals surface area contributed by atoms with E-state index in [2.05, 4.69) is 28.6 Å². The molecule has 1 saturated heterocycles. The molecule has 19 heavy (non-hydrogen) atoms. The van der Waals surface area contributed by atoms with Crippen molar-refractivity contribution in [2.24, 2.45) is 0 Å². The Kier molecular flexibility index (Phi) is 5.48. The zero-order chi connectivity index (χ0) is 13.5. The monoisotopic (exact) mass is 263 g/mol. The van der Waals surface area contributed by atoms with Gasteiger partial charge in [-0.1, -0.05) is 12.1 Å². The lowest BCUT2D eigenvalue weighted by Gasteiger charge is -2.33. The molecule has 1 aromatic carbocycles. The summed E-state index contributed by atoms with van der Waals surface area (Å²) in [5.41, 5.74) is 1.09. The van der Waals surface area contributed by atoms with E-state index in [4.69, 9.17) is 4.74 Å². The van der Waals surface area contributed by atoms with Gasteiger partial charge in [0.05, 0.1) is 12.3 Å². The molecule has 2 rings (SSSR count). The van der Waals surface area contributed by atoms with Crippen molar-refractivity contribution in [1.82, 2.24) is 10.2 Å². The van der Waals surface area contributed by atoms with Gasteiger partial charge in [0.25, 0.3) is 0 Å². The van der Waals surface area contributed by atoms with E-state index in [1.807, 2.05) is 25.1 Å². The molecule has 0 radical (unpaired) electrons. The van der Waals surface area contributed by atoms with Gasteiger partial charge in [-0.15, -0.1) is 0 Å². The highest BCUT2D eigenvalue weighted by Gasteiger charge is 2.17. The number of para-hydroxylation sites is 2. The van der Waals surface area contributed by atoms with Crippen LogP contribution in [0.15, 0.2) is 24.3 Å². The van der Waals surface area contributed by atoms with Crippen LogP contribution in [0.3, 0.4) is 0 Å². The van der Waals surface area contributed by atoms with Gasteiger partial charge in [-0.3, -0.25) is 0 Å². The molecule has 1 atom stereocenters. The molecular formula is C15H25N3O. The Morgan fingerprint density at radius 1 is 1.42 bits per heavy atom. The van der Waals surface area contributed by atoms with Gasteiger partial charge in [0.15, 0.2) is 0 Å². The lowest BCUT2D eigenvalue weighted by molar-refractivity contribution is 0.194. The third-order valence-electron chi connectivity index (χ3n) is 3.62. The summed E-state index contributed by atoms with van der Waals surface area (Å²) in [5, 5.41) is 6.94. The van der Waals surface area contributed by atoms with Crippen LogP contribution >= 0.6 is 0 Å². The van der Waals surface area contributed by atoms with Crippen molar-refractivity contribution in [3.05, 3.63) is 24.3 Å². The first-order valence-corrected chi connectivity index (χ1v) is 7.18. The number of hydrogen-bond acceptors (Lipinski definition) is 4. The van der Waals surface area contributed by atoms with Gasteiger partial charge in [0.2, 0.25) is 0 Å². The minimum atomic E-state index is 0.625. The van der Waals surface area contributed by atoms with Crippen LogP contribution in [0.1, 0.15) is 13.3 Å². The van der Waals surface area contributed by atoms with Gasteiger partial charge in [0.1, 0.15) is 5.75 Å². The Balaban J connectivity index is 1.81. The molecule has 106 valence electrons. The maximum atomic E-state index is 5.62. The third kappa shape index (κ3) is 4.11. The zero-order valence-electron chi connectivity index (χ0n) is 12.0. The number of likely N-dealkylation sites (N-methyl/N-ethyl adjacent to an activating group) is 1. The van der Waals surface area contributed by atoms with Gasteiger partial charge >= 0.3 is 0 Å². The van der Waals surface area contributed by atoms with Crippen LogP contribution in [0.4, 0.5) is 5.69 Å². The van der Waals surface area contributed by atoms with E-state index in [1.54, 1.807) is 0 Å². The molecule has 0 aliphatic carbocycles. The van der Waals surface area contributed by atoms with Crippen LogP contribution in [0.5, 0.6) is 5.75 Å². The summed E-state index contributed by atoms with van der Waals surface area (Å²) < 4.78 is 5.62. The molecule has 1 aromatic rings. The number of rotatable bonds is 6. The Morgan fingerprint density at radius 2 is 2.26 bits per heavy atom. The number of nitrogens with zero attached hydrogens (tertiary/aromatic N) is 1. The van der Waals surface area contributed by atoms with Crippen LogP contribution in [-0.2, 0) is 0 Å². The quantitative estimate of drug-likeness (QED) is 0.820. The zero-order valence-corrected chi connectivity index (χ0v) is 12.0. The molecule has 0 spiro atoms. The molecule has 2 N–H and O–H groups in total. The normalized spacial score (nSPS) is 20.2. The smallest absolute Gasteiger partial charge is 0.142 e. The number of piperazine rings is 1. The molecule has 4 heteroatoms. The molecule has 1 aliphatic rings. The number of anilines is 1. The van der Waals surface area contributed by atoms with E-state index in [-0.39, 0.29) is 0 Å². The Morgan fingerprint density at radius 3 is 3.05 bits per heavy atom. The standard InChI is InChI=1S/C15H25N3O/c1-3-19-15-7-5-4-6-14(15)17-9-8-13-12-16-10-11-18(13)2/h4-7,13,16-17H,3,8-12H2,1-2H3. The summed E-state index contributed by atoms with van der Waals surface area (Å²) in [5.74, 6) is 0.945. The van der Waals surface area contributed by atoms with Crippen molar-refractivity contribution < 1.29 is 4.74 Å². The first-order chi connectivity index (χ1) is 9.31. The largest absolute Gasteiger partial charge is 0.492 e. The molecule has 0 bridgehead atoms. The van der Waals surface area contributed by atoms with Crippen LogP contribution in [0.2, 0.25) is 0 Å². The number of hydrogen-bond donors (Lipinski definition) is 2. The third-order valence-corrected chi connectivity index (χ3v) is 3.62. The molecule has 1 fully saturated rings. The maximum absolute atomic E-state index is 5.62. The number of benzene rings is 1. The van der Waals surface area contributed by atoms with Crippen molar-refractivity contribution >= 4 is 5.69 Å². The first-order valence-electron chi connectivity index (χ1n) is 7.18. The summed E-state index contributed by atoms with van der Waals surface area (Å²) >= 11 is 0. The predicted octanol–water partition coefficient (Wildman–Crippen LogP) is 1.79. The van der Waals surface area contributed by atoms with E-state index >= 15 is 0 Å². The number of nitrogens with one attached hydrogen (secondary N) is 2. The molecule has 0 aromatic heterocycles. The van der Waals surface area contributed by atoms with Gasteiger partial charge in [-0.25, -0.2) is 0 Å². The second-order valence-electron chi connectivity index (χ2n) is 4.98. The second kappa shape index (κ2) is 7.36. The summed E-state index contributed by atoms with van der Waals surface area (Å²) in [4.78, 5) is 2.44. The van der Waals surface area contributed by atoms with E-state index in [1.165, 1.54) is 0 Å². The average Bonchev–Trinajstić information content (AvgIpc) is 2.43. The highest BCUT2D eigenvalue weighted by molar-refractivity contribution is 5.56. The molecule has 1 unspecified atom stereocenters. The summed E-state index contributed by atoms with van der Waals surface area (Å²) in [7, 11) is 2.21. The fourth-order valence-corrected chi connectivity index (χ4v) is 2.45. The van der Waals surface area contributed by atoms with Crippen LogP contribution in [0, 0.1) is 0 Å². The van der Waals surface area contributed by atoms with E-state index in [0.717, 1.165) is 44.0 Å². The molecular weight excluding hydrogens is 238 g/mol. The summed E-state index contributed by atoms with van der Waals surface area (Å²) in [6.45, 7) is 7.02. The minimum absolute atomic E-state index is 0.625. The van der Waals surface area contributed by atoms with E-state index < -0.39 is 0 Å². The van der Waals surface area contributed by atoms with Crippen molar-refractivity contribution in [1.29, 1.82) is 0 Å². The molecule has 4 nitrogen and oxygen atoms in total. The van der Waals surface area contributed by atoms with Crippen molar-refractivity contribution in [3.63, 3.8) is 0 Å². The number of ether oxygens (including phenoxy) is 1. The summed E-state index contributed by atoms with van der Waals surface area (Å²) in [6.07, 6.45) is 1.14. The second-order valence-corrected chi connectivity index (χ2v) is 4.98.